The van der Waals surface area contributed by atoms with Gasteiger partial charge in [0.25, 0.3) is 0 Å². The average molecular weight is 203 g/mol. The van der Waals surface area contributed by atoms with Gasteiger partial charge in [0.05, 0.1) is 23.5 Å². The number of hydrogen-bond donors (Lipinski definition) is 1. The van der Waals surface area contributed by atoms with E-state index in [-0.39, 0.29) is 5.60 Å². The number of hydrogen-bond acceptors (Lipinski definition) is 4. The third kappa shape index (κ3) is 1.79. The standard InChI is InChI=1S/C11H13N3O/c1-11(2)4-9-8(6-15-11)3-7(5-12)10(13)14-9/h3H,4,6H2,1-2H3,(H2,13,14). The van der Waals surface area contributed by atoms with Crippen LogP contribution < -0.4 is 5.73 Å². The van der Waals surface area contributed by atoms with Gasteiger partial charge in [-0.25, -0.2) is 4.98 Å². The molecular weight excluding hydrogens is 190 g/mol. The van der Waals surface area contributed by atoms with Crippen molar-refractivity contribution in [2.75, 3.05) is 5.73 Å². The molecular formula is C11H13N3O. The van der Waals surface area contributed by atoms with Crippen molar-refractivity contribution >= 4 is 5.82 Å². The maximum Gasteiger partial charge on any atom is 0.141 e. The Labute approximate surface area is 88.7 Å². The van der Waals surface area contributed by atoms with Crippen LogP contribution in [0.5, 0.6) is 0 Å². The van der Waals surface area contributed by atoms with Gasteiger partial charge in [0.1, 0.15) is 11.9 Å². The van der Waals surface area contributed by atoms with Crippen LogP contribution in [0.2, 0.25) is 0 Å². The minimum absolute atomic E-state index is 0.194. The van der Waals surface area contributed by atoms with Crippen LogP contribution in [0.4, 0.5) is 5.82 Å². The molecule has 4 nitrogen and oxygen atoms in total. The van der Waals surface area contributed by atoms with Crippen LogP contribution in [0, 0.1) is 11.3 Å². The van der Waals surface area contributed by atoms with Gasteiger partial charge in [0.2, 0.25) is 0 Å². The number of nitrogens with zero attached hydrogens (tertiary/aromatic N) is 2. The van der Waals surface area contributed by atoms with E-state index >= 15 is 0 Å². The second-order valence-corrected chi connectivity index (χ2v) is 4.36. The van der Waals surface area contributed by atoms with Crippen molar-refractivity contribution < 1.29 is 4.74 Å². The molecule has 4 heteroatoms. The maximum absolute atomic E-state index is 8.81. The Kier molecular flexibility index (Phi) is 2.13. The van der Waals surface area contributed by atoms with E-state index in [1.807, 2.05) is 19.9 Å². The van der Waals surface area contributed by atoms with Crippen molar-refractivity contribution in [3.8, 4) is 6.07 Å². The Morgan fingerprint density at radius 3 is 3.00 bits per heavy atom. The summed E-state index contributed by atoms with van der Waals surface area (Å²) in [7, 11) is 0. The summed E-state index contributed by atoms with van der Waals surface area (Å²) in [6.07, 6.45) is 0.734. The van der Waals surface area contributed by atoms with Gasteiger partial charge in [-0.05, 0) is 19.9 Å². The number of fused-ring (bicyclic) bond motifs is 1. The molecule has 2 rings (SSSR count). The Morgan fingerprint density at radius 2 is 2.33 bits per heavy atom. The first-order chi connectivity index (χ1) is 7.02. The van der Waals surface area contributed by atoms with Crippen molar-refractivity contribution in [1.82, 2.24) is 4.98 Å². The summed E-state index contributed by atoms with van der Waals surface area (Å²) in [5.74, 6) is 0.314. The largest absolute Gasteiger partial charge is 0.383 e. The van der Waals surface area contributed by atoms with E-state index in [4.69, 9.17) is 15.7 Å². The fraction of sp³-hybridized carbons (Fsp3) is 0.455. The summed E-state index contributed by atoms with van der Waals surface area (Å²) < 4.78 is 5.64. The zero-order valence-corrected chi connectivity index (χ0v) is 8.87. The number of pyridine rings is 1. The second-order valence-electron chi connectivity index (χ2n) is 4.36. The zero-order valence-electron chi connectivity index (χ0n) is 8.87. The summed E-state index contributed by atoms with van der Waals surface area (Å²) in [6, 6.07) is 3.79. The molecule has 1 aromatic rings. The molecule has 0 aromatic carbocycles. The van der Waals surface area contributed by atoms with Crippen LogP contribution in [-0.2, 0) is 17.8 Å². The van der Waals surface area contributed by atoms with Crippen molar-refractivity contribution in [1.29, 1.82) is 5.26 Å². The molecule has 1 aliphatic rings. The smallest absolute Gasteiger partial charge is 0.141 e. The lowest BCUT2D eigenvalue weighted by Gasteiger charge is -2.31. The van der Waals surface area contributed by atoms with E-state index in [1.54, 1.807) is 6.07 Å². The fourth-order valence-corrected chi connectivity index (χ4v) is 1.70. The first kappa shape index (κ1) is 9.94. The third-order valence-electron chi connectivity index (χ3n) is 2.55. The molecule has 0 amide bonds. The van der Waals surface area contributed by atoms with Gasteiger partial charge in [-0.3, -0.25) is 0 Å². The molecule has 0 atom stereocenters. The summed E-state index contributed by atoms with van der Waals surface area (Å²) in [5.41, 5.74) is 7.82. The Balaban J connectivity index is 2.47. The minimum atomic E-state index is -0.194. The van der Waals surface area contributed by atoms with E-state index in [0.717, 1.165) is 17.7 Å². The number of nitrogen functional groups attached to an aromatic ring is 1. The summed E-state index contributed by atoms with van der Waals surface area (Å²) >= 11 is 0. The zero-order chi connectivity index (χ0) is 11.1. The molecule has 0 bridgehead atoms. The fourth-order valence-electron chi connectivity index (χ4n) is 1.70. The van der Waals surface area contributed by atoms with Crippen LogP contribution in [0.15, 0.2) is 6.07 Å². The highest BCUT2D eigenvalue weighted by Gasteiger charge is 2.27. The van der Waals surface area contributed by atoms with E-state index in [9.17, 15) is 0 Å². The molecule has 0 saturated carbocycles. The number of aromatic nitrogens is 1. The van der Waals surface area contributed by atoms with E-state index in [0.29, 0.717) is 18.0 Å². The van der Waals surface area contributed by atoms with Gasteiger partial charge in [0, 0.05) is 12.0 Å². The van der Waals surface area contributed by atoms with Crippen molar-refractivity contribution in [3.05, 3.63) is 22.9 Å². The lowest BCUT2D eigenvalue weighted by atomic mass is 9.95. The van der Waals surface area contributed by atoms with E-state index < -0.39 is 0 Å². The number of rotatable bonds is 0. The topological polar surface area (TPSA) is 71.9 Å². The third-order valence-corrected chi connectivity index (χ3v) is 2.55. The quantitative estimate of drug-likeness (QED) is 0.691. The highest BCUT2D eigenvalue weighted by atomic mass is 16.5. The number of nitrogens with two attached hydrogens (primary N) is 1. The van der Waals surface area contributed by atoms with Crippen molar-refractivity contribution in [2.45, 2.75) is 32.5 Å². The summed E-state index contributed by atoms with van der Waals surface area (Å²) in [4.78, 5) is 4.26. The molecule has 0 saturated heterocycles. The average Bonchev–Trinajstić information content (AvgIpc) is 2.15. The molecule has 0 unspecified atom stereocenters. The van der Waals surface area contributed by atoms with Crippen LogP contribution >= 0.6 is 0 Å². The molecule has 1 aromatic heterocycles. The van der Waals surface area contributed by atoms with Crippen LogP contribution in [0.1, 0.15) is 30.7 Å². The van der Waals surface area contributed by atoms with Crippen LogP contribution in [0.25, 0.3) is 0 Å². The monoisotopic (exact) mass is 203 g/mol. The molecule has 2 N–H and O–H groups in total. The number of ether oxygens (including phenoxy) is 1. The highest BCUT2D eigenvalue weighted by Crippen LogP contribution is 2.28. The normalized spacial score (nSPS) is 17.9. The summed E-state index contributed by atoms with van der Waals surface area (Å²) in [6.45, 7) is 4.54. The van der Waals surface area contributed by atoms with Gasteiger partial charge in [-0.2, -0.15) is 5.26 Å². The van der Waals surface area contributed by atoms with Crippen LogP contribution in [-0.4, -0.2) is 10.6 Å². The SMILES string of the molecule is CC1(C)Cc2nc(N)c(C#N)cc2CO1. The first-order valence-corrected chi connectivity index (χ1v) is 4.84. The molecule has 0 radical (unpaired) electrons. The number of anilines is 1. The molecule has 2 heterocycles. The first-order valence-electron chi connectivity index (χ1n) is 4.84. The molecule has 0 fully saturated rings. The Morgan fingerprint density at radius 1 is 1.60 bits per heavy atom. The van der Waals surface area contributed by atoms with E-state index in [2.05, 4.69) is 4.98 Å². The lowest BCUT2D eigenvalue weighted by molar-refractivity contribution is -0.0412. The molecule has 78 valence electrons. The van der Waals surface area contributed by atoms with Crippen molar-refractivity contribution in [2.24, 2.45) is 0 Å². The summed E-state index contributed by atoms with van der Waals surface area (Å²) in [5, 5.41) is 8.81. The molecule has 15 heavy (non-hydrogen) atoms. The minimum Gasteiger partial charge on any atom is -0.383 e. The predicted octanol–water partition coefficient (Wildman–Crippen LogP) is 1.39. The van der Waals surface area contributed by atoms with Gasteiger partial charge in [0.15, 0.2) is 0 Å². The highest BCUT2D eigenvalue weighted by molar-refractivity contribution is 5.51. The van der Waals surface area contributed by atoms with Gasteiger partial charge >= 0.3 is 0 Å². The van der Waals surface area contributed by atoms with Gasteiger partial charge < -0.3 is 10.5 Å². The van der Waals surface area contributed by atoms with Gasteiger partial charge in [-0.15, -0.1) is 0 Å². The van der Waals surface area contributed by atoms with Crippen molar-refractivity contribution in [3.63, 3.8) is 0 Å². The van der Waals surface area contributed by atoms with Gasteiger partial charge in [-0.1, -0.05) is 0 Å². The van der Waals surface area contributed by atoms with Crippen LogP contribution in [0.3, 0.4) is 0 Å². The molecule has 0 spiro atoms. The molecule has 1 aliphatic heterocycles. The second kappa shape index (κ2) is 3.21. The lowest BCUT2D eigenvalue weighted by Crippen LogP contribution is -2.32. The van der Waals surface area contributed by atoms with E-state index in [1.165, 1.54) is 0 Å². The predicted molar refractivity (Wildman–Crippen MR) is 55.9 cm³/mol. The Bertz CT molecular complexity index is 446. The number of nitriles is 1. The molecule has 0 aliphatic carbocycles. The maximum atomic E-state index is 8.81. The Hall–Kier alpha value is -1.60.